The summed E-state index contributed by atoms with van der Waals surface area (Å²) in [6.45, 7) is 0. The Bertz CT molecular complexity index is 577. The quantitative estimate of drug-likeness (QED) is 0.493. The van der Waals surface area contributed by atoms with Gasteiger partial charge in [-0.1, -0.05) is 27.7 Å². The van der Waals surface area contributed by atoms with E-state index in [2.05, 4.69) is 26.1 Å². The maximum Gasteiger partial charge on any atom is 0.194 e. The summed E-state index contributed by atoms with van der Waals surface area (Å²) in [6.07, 6.45) is 3.15. The Morgan fingerprint density at radius 3 is 2.72 bits per heavy atom. The standard InChI is InChI=1S/C12H10BrN3OS/c1-16-8-14-15-12(16)18-7-6-11(17)9-2-4-10(13)5-3-9/h2-8H,1H3/b7-6-. The van der Waals surface area contributed by atoms with E-state index in [4.69, 9.17) is 0 Å². The third kappa shape index (κ3) is 3.30. The zero-order chi connectivity index (χ0) is 13.0. The SMILES string of the molecule is Cn1cnnc1S/C=C\C(=O)c1ccc(Br)cc1. The number of benzene rings is 1. The van der Waals surface area contributed by atoms with E-state index in [0.29, 0.717) is 5.56 Å². The van der Waals surface area contributed by atoms with E-state index in [1.807, 2.05) is 19.2 Å². The Morgan fingerprint density at radius 1 is 1.39 bits per heavy atom. The van der Waals surface area contributed by atoms with Gasteiger partial charge in [-0.3, -0.25) is 4.79 Å². The molecule has 0 unspecified atom stereocenters. The van der Waals surface area contributed by atoms with E-state index < -0.39 is 0 Å². The summed E-state index contributed by atoms with van der Waals surface area (Å²) in [5.74, 6) is -0.0304. The first-order valence-corrected chi connectivity index (χ1v) is 6.81. The van der Waals surface area contributed by atoms with Gasteiger partial charge < -0.3 is 4.57 Å². The van der Waals surface area contributed by atoms with Gasteiger partial charge in [0.1, 0.15) is 6.33 Å². The Kier molecular flexibility index (Phi) is 4.33. The molecule has 1 aromatic heterocycles. The van der Waals surface area contributed by atoms with Crippen molar-refractivity contribution in [3.63, 3.8) is 0 Å². The average molecular weight is 324 g/mol. The normalized spacial score (nSPS) is 11.0. The van der Waals surface area contributed by atoms with Gasteiger partial charge in [0.25, 0.3) is 0 Å². The van der Waals surface area contributed by atoms with Crippen molar-refractivity contribution in [3.05, 3.63) is 52.1 Å². The molecule has 6 heteroatoms. The van der Waals surface area contributed by atoms with Gasteiger partial charge in [0.05, 0.1) is 0 Å². The van der Waals surface area contributed by atoms with Gasteiger partial charge in [0.2, 0.25) is 0 Å². The number of hydrogen-bond acceptors (Lipinski definition) is 4. The van der Waals surface area contributed by atoms with Crippen molar-refractivity contribution < 1.29 is 4.79 Å². The molecule has 1 aromatic carbocycles. The largest absolute Gasteiger partial charge is 0.312 e. The Hall–Kier alpha value is -1.40. The number of rotatable bonds is 4. The third-order valence-corrected chi connectivity index (χ3v) is 3.57. The van der Waals surface area contributed by atoms with Crippen LogP contribution in [0.5, 0.6) is 0 Å². The number of allylic oxidation sites excluding steroid dienone is 1. The molecule has 0 radical (unpaired) electrons. The molecule has 1 heterocycles. The van der Waals surface area contributed by atoms with Crippen LogP contribution < -0.4 is 0 Å². The summed E-state index contributed by atoms with van der Waals surface area (Å²) in [5, 5.41) is 10.1. The van der Waals surface area contributed by atoms with Crippen molar-refractivity contribution in [2.24, 2.45) is 7.05 Å². The molecule has 2 rings (SSSR count). The highest BCUT2D eigenvalue weighted by atomic mass is 79.9. The number of nitrogens with zero attached hydrogens (tertiary/aromatic N) is 3. The highest BCUT2D eigenvalue weighted by molar-refractivity contribution is 9.10. The fraction of sp³-hybridized carbons (Fsp3) is 0.0833. The lowest BCUT2D eigenvalue weighted by Gasteiger charge is -1.96. The summed E-state index contributed by atoms with van der Waals surface area (Å²) in [5.41, 5.74) is 0.660. The molecule has 92 valence electrons. The van der Waals surface area contributed by atoms with Crippen LogP contribution in [0, 0.1) is 0 Å². The van der Waals surface area contributed by atoms with Crippen LogP contribution in [0.4, 0.5) is 0 Å². The van der Waals surface area contributed by atoms with E-state index in [1.54, 1.807) is 28.4 Å². The summed E-state index contributed by atoms with van der Waals surface area (Å²) in [4.78, 5) is 11.8. The number of carbonyl (C=O) groups excluding carboxylic acids is 1. The predicted octanol–water partition coefficient (Wildman–Crippen LogP) is 3.07. The predicted molar refractivity (Wildman–Crippen MR) is 74.5 cm³/mol. The summed E-state index contributed by atoms with van der Waals surface area (Å²) < 4.78 is 2.75. The summed E-state index contributed by atoms with van der Waals surface area (Å²) in [7, 11) is 1.85. The number of aromatic nitrogens is 3. The van der Waals surface area contributed by atoms with Crippen LogP contribution >= 0.6 is 27.7 Å². The van der Waals surface area contributed by atoms with E-state index in [9.17, 15) is 4.79 Å². The monoisotopic (exact) mass is 323 g/mol. The Labute approximate surface area is 117 Å². The number of ketones is 1. The molecular formula is C12H10BrN3OS. The Morgan fingerprint density at radius 2 is 2.11 bits per heavy atom. The van der Waals surface area contributed by atoms with Gasteiger partial charge in [-0.25, -0.2) is 0 Å². The highest BCUT2D eigenvalue weighted by Gasteiger charge is 2.02. The molecule has 18 heavy (non-hydrogen) atoms. The zero-order valence-corrected chi connectivity index (χ0v) is 12.0. The molecule has 0 N–H and O–H groups in total. The molecule has 0 bridgehead atoms. The molecule has 4 nitrogen and oxygen atoms in total. The van der Waals surface area contributed by atoms with E-state index in [0.717, 1.165) is 9.63 Å². The molecule has 0 aliphatic carbocycles. The molecule has 0 saturated heterocycles. The number of thioether (sulfide) groups is 1. The highest BCUT2D eigenvalue weighted by Crippen LogP contribution is 2.16. The van der Waals surface area contributed by atoms with Gasteiger partial charge in [0.15, 0.2) is 10.9 Å². The van der Waals surface area contributed by atoms with Crippen molar-refractivity contribution >= 4 is 33.5 Å². The number of carbonyl (C=O) groups is 1. The van der Waals surface area contributed by atoms with Crippen LogP contribution in [-0.2, 0) is 7.05 Å². The molecule has 0 spiro atoms. The minimum absolute atomic E-state index is 0.0304. The molecule has 0 atom stereocenters. The second-order valence-electron chi connectivity index (χ2n) is 3.52. The van der Waals surface area contributed by atoms with Crippen LogP contribution in [0.1, 0.15) is 10.4 Å². The number of aryl methyl sites for hydroxylation is 1. The Balaban J connectivity index is 1.99. The van der Waals surface area contributed by atoms with Crippen molar-refractivity contribution in [1.29, 1.82) is 0 Å². The smallest absolute Gasteiger partial charge is 0.194 e. The molecule has 0 aliphatic heterocycles. The van der Waals surface area contributed by atoms with Crippen LogP contribution in [-0.4, -0.2) is 20.5 Å². The molecule has 0 aliphatic rings. The number of hydrogen-bond donors (Lipinski definition) is 0. The van der Waals surface area contributed by atoms with Crippen LogP contribution in [0.2, 0.25) is 0 Å². The van der Waals surface area contributed by atoms with Crippen LogP contribution in [0.15, 0.2) is 51.7 Å². The van der Waals surface area contributed by atoms with Gasteiger partial charge in [-0.2, -0.15) is 0 Å². The van der Waals surface area contributed by atoms with Gasteiger partial charge in [-0.05, 0) is 35.7 Å². The summed E-state index contributed by atoms with van der Waals surface area (Å²) in [6, 6.07) is 7.25. The topological polar surface area (TPSA) is 47.8 Å². The van der Waals surface area contributed by atoms with E-state index >= 15 is 0 Å². The second-order valence-corrected chi connectivity index (χ2v) is 5.30. The fourth-order valence-electron chi connectivity index (χ4n) is 1.25. The molecule has 0 saturated carbocycles. The lowest BCUT2D eigenvalue weighted by Crippen LogP contribution is -1.93. The first kappa shape index (κ1) is 13.0. The molecule has 2 aromatic rings. The average Bonchev–Trinajstić information content (AvgIpc) is 2.76. The minimum atomic E-state index is -0.0304. The lowest BCUT2D eigenvalue weighted by molar-refractivity contribution is 0.104. The van der Waals surface area contributed by atoms with Gasteiger partial charge in [0, 0.05) is 17.1 Å². The first-order chi connectivity index (χ1) is 8.66. The fourth-order valence-corrected chi connectivity index (χ4v) is 2.13. The zero-order valence-electron chi connectivity index (χ0n) is 9.58. The minimum Gasteiger partial charge on any atom is -0.312 e. The lowest BCUT2D eigenvalue weighted by atomic mass is 10.1. The van der Waals surface area contributed by atoms with E-state index in [1.165, 1.54) is 17.8 Å². The second kappa shape index (κ2) is 5.97. The van der Waals surface area contributed by atoms with Crippen molar-refractivity contribution in [2.75, 3.05) is 0 Å². The van der Waals surface area contributed by atoms with E-state index in [-0.39, 0.29) is 5.78 Å². The molecule has 0 fully saturated rings. The van der Waals surface area contributed by atoms with Crippen molar-refractivity contribution in [2.45, 2.75) is 5.16 Å². The number of halogens is 1. The molecule has 0 amide bonds. The van der Waals surface area contributed by atoms with Gasteiger partial charge in [-0.15, -0.1) is 10.2 Å². The van der Waals surface area contributed by atoms with Gasteiger partial charge >= 0.3 is 0 Å². The summed E-state index contributed by atoms with van der Waals surface area (Å²) >= 11 is 4.69. The molecular weight excluding hydrogens is 314 g/mol. The maximum atomic E-state index is 11.8. The first-order valence-electron chi connectivity index (χ1n) is 5.14. The van der Waals surface area contributed by atoms with Crippen LogP contribution in [0.25, 0.3) is 0 Å². The van der Waals surface area contributed by atoms with Crippen LogP contribution in [0.3, 0.4) is 0 Å². The van der Waals surface area contributed by atoms with Crippen molar-refractivity contribution in [1.82, 2.24) is 14.8 Å². The third-order valence-electron chi connectivity index (χ3n) is 2.19. The maximum absolute atomic E-state index is 11.8. The van der Waals surface area contributed by atoms with Crippen molar-refractivity contribution in [3.8, 4) is 0 Å².